The second-order valence-electron chi connectivity index (χ2n) is 6.59. The third-order valence-corrected chi connectivity index (χ3v) is 4.88. The summed E-state index contributed by atoms with van der Waals surface area (Å²) in [5, 5.41) is 4.93. The number of nitrogens with zero attached hydrogens (tertiary/aromatic N) is 4. The highest BCUT2D eigenvalue weighted by atomic mass is 16.5. The van der Waals surface area contributed by atoms with Crippen LogP contribution in [-0.2, 0) is 0 Å². The first kappa shape index (κ1) is 15.7. The minimum absolute atomic E-state index is 0.000126. The average Bonchev–Trinajstić information content (AvgIpc) is 2.99. The quantitative estimate of drug-likeness (QED) is 0.718. The first-order chi connectivity index (χ1) is 12.1. The van der Waals surface area contributed by atoms with Crippen LogP contribution in [0.15, 0.2) is 35.1 Å². The molecule has 3 aromatic rings. The Morgan fingerprint density at radius 2 is 2.20 bits per heavy atom. The van der Waals surface area contributed by atoms with Crippen molar-refractivity contribution in [3.63, 3.8) is 0 Å². The summed E-state index contributed by atoms with van der Waals surface area (Å²) in [5.41, 5.74) is 3.19. The zero-order chi connectivity index (χ0) is 17.4. The molecule has 4 heterocycles. The van der Waals surface area contributed by atoms with Gasteiger partial charge in [0.15, 0.2) is 0 Å². The van der Waals surface area contributed by atoms with Crippen molar-refractivity contribution in [3.05, 3.63) is 53.3 Å². The molecule has 0 spiro atoms. The molecule has 0 aliphatic carbocycles. The van der Waals surface area contributed by atoms with Crippen LogP contribution in [0.25, 0.3) is 10.9 Å². The second kappa shape index (κ2) is 6.27. The van der Waals surface area contributed by atoms with Gasteiger partial charge in [0.1, 0.15) is 11.3 Å². The van der Waals surface area contributed by atoms with Crippen molar-refractivity contribution in [2.75, 3.05) is 13.1 Å². The maximum absolute atomic E-state index is 12.9. The van der Waals surface area contributed by atoms with Crippen molar-refractivity contribution >= 4 is 16.8 Å². The smallest absolute Gasteiger partial charge is 0.259 e. The van der Waals surface area contributed by atoms with Crippen LogP contribution in [-0.4, -0.2) is 39.0 Å². The second-order valence-corrected chi connectivity index (χ2v) is 6.59. The van der Waals surface area contributed by atoms with E-state index in [1.54, 1.807) is 13.1 Å². The Labute approximate surface area is 145 Å². The third-order valence-electron chi connectivity index (χ3n) is 4.88. The van der Waals surface area contributed by atoms with Gasteiger partial charge in [-0.3, -0.25) is 14.8 Å². The number of likely N-dealkylation sites (tertiary alicyclic amines) is 1. The highest BCUT2D eigenvalue weighted by Crippen LogP contribution is 2.28. The average molecular weight is 336 g/mol. The highest BCUT2D eigenvalue weighted by Gasteiger charge is 2.29. The minimum Gasteiger partial charge on any atom is -0.361 e. The van der Waals surface area contributed by atoms with Crippen LogP contribution in [0, 0.1) is 13.8 Å². The molecule has 3 aromatic heterocycles. The van der Waals surface area contributed by atoms with Crippen molar-refractivity contribution in [1.82, 2.24) is 20.0 Å². The minimum atomic E-state index is -0.000126. The number of hydrogen-bond acceptors (Lipinski definition) is 5. The molecule has 0 saturated carbocycles. The molecule has 1 atom stereocenters. The number of fused-ring (bicyclic) bond motifs is 1. The lowest BCUT2D eigenvalue weighted by Crippen LogP contribution is -2.39. The van der Waals surface area contributed by atoms with Gasteiger partial charge in [-0.2, -0.15) is 0 Å². The van der Waals surface area contributed by atoms with Gasteiger partial charge in [0, 0.05) is 42.5 Å². The van der Waals surface area contributed by atoms with Crippen molar-refractivity contribution in [2.24, 2.45) is 0 Å². The predicted molar refractivity (Wildman–Crippen MR) is 93.4 cm³/mol. The summed E-state index contributed by atoms with van der Waals surface area (Å²) in [4.78, 5) is 23.8. The monoisotopic (exact) mass is 336 g/mol. The molecule has 1 aliphatic heterocycles. The Morgan fingerprint density at radius 3 is 3.00 bits per heavy atom. The van der Waals surface area contributed by atoms with Gasteiger partial charge in [0.2, 0.25) is 0 Å². The molecular formula is C19H20N4O2. The molecule has 1 fully saturated rings. The normalized spacial score (nSPS) is 17.8. The van der Waals surface area contributed by atoms with Crippen LogP contribution in [0.5, 0.6) is 0 Å². The fourth-order valence-electron chi connectivity index (χ4n) is 3.55. The van der Waals surface area contributed by atoms with E-state index in [2.05, 4.69) is 15.1 Å². The van der Waals surface area contributed by atoms with Gasteiger partial charge in [-0.05, 0) is 44.9 Å². The van der Waals surface area contributed by atoms with Crippen molar-refractivity contribution < 1.29 is 9.32 Å². The molecule has 1 amide bonds. The van der Waals surface area contributed by atoms with Gasteiger partial charge in [-0.25, -0.2) is 0 Å². The van der Waals surface area contributed by atoms with E-state index in [0.717, 1.165) is 36.0 Å². The standard InChI is InChI=1S/C19H20N4O2/c1-12-18(13(2)25-22-12)19(24)23-8-4-6-15(11-23)17-9-16-14(10-21-17)5-3-7-20-16/h3,5,7,9-10,15H,4,6,8,11H2,1-2H3/t15-/m0/s1. The number of piperidine rings is 1. The van der Waals surface area contributed by atoms with E-state index in [1.807, 2.05) is 36.2 Å². The first-order valence-electron chi connectivity index (χ1n) is 8.56. The summed E-state index contributed by atoms with van der Waals surface area (Å²) < 4.78 is 5.15. The SMILES string of the molecule is Cc1noc(C)c1C(=O)N1CCC[C@H](c2cc3ncccc3cn2)C1. The Balaban J connectivity index is 1.59. The van der Waals surface area contributed by atoms with E-state index in [9.17, 15) is 4.79 Å². The molecule has 25 heavy (non-hydrogen) atoms. The largest absolute Gasteiger partial charge is 0.361 e. The molecule has 1 aliphatic rings. The number of rotatable bonds is 2. The topological polar surface area (TPSA) is 72.1 Å². The lowest BCUT2D eigenvalue weighted by atomic mass is 9.93. The predicted octanol–water partition coefficient (Wildman–Crippen LogP) is 3.25. The molecule has 0 unspecified atom stereocenters. The van der Waals surface area contributed by atoms with Gasteiger partial charge in [0.05, 0.1) is 11.2 Å². The zero-order valence-corrected chi connectivity index (χ0v) is 14.4. The van der Waals surface area contributed by atoms with Gasteiger partial charge < -0.3 is 9.42 Å². The van der Waals surface area contributed by atoms with Gasteiger partial charge in [-0.1, -0.05) is 5.16 Å². The molecule has 0 bridgehead atoms. The number of aryl methyl sites for hydroxylation is 2. The van der Waals surface area contributed by atoms with Gasteiger partial charge in [0.25, 0.3) is 5.91 Å². The van der Waals surface area contributed by atoms with Crippen LogP contribution < -0.4 is 0 Å². The summed E-state index contributed by atoms with van der Waals surface area (Å²) >= 11 is 0. The number of amides is 1. The van der Waals surface area contributed by atoms with E-state index in [-0.39, 0.29) is 11.8 Å². The Bertz CT molecular complexity index is 915. The van der Waals surface area contributed by atoms with Crippen molar-refractivity contribution in [2.45, 2.75) is 32.6 Å². The van der Waals surface area contributed by atoms with Crippen LogP contribution in [0.3, 0.4) is 0 Å². The van der Waals surface area contributed by atoms with E-state index >= 15 is 0 Å². The van der Waals surface area contributed by atoms with Gasteiger partial charge >= 0.3 is 0 Å². The molecule has 128 valence electrons. The molecule has 0 radical (unpaired) electrons. The molecule has 4 rings (SSSR count). The maximum Gasteiger partial charge on any atom is 0.259 e. The number of carbonyl (C=O) groups is 1. The molecule has 6 nitrogen and oxygen atoms in total. The molecule has 0 aromatic carbocycles. The van der Waals surface area contributed by atoms with E-state index in [1.165, 1.54) is 0 Å². The summed E-state index contributed by atoms with van der Waals surface area (Å²) in [5.74, 6) is 0.807. The van der Waals surface area contributed by atoms with Crippen molar-refractivity contribution in [1.29, 1.82) is 0 Å². The van der Waals surface area contributed by atoms with Crippen molar-refractivity contribution in [3.8, 4) is 0 Å². The number of hydrogen-bond donors (Lipinski definition) is 0. The van der Waals surface area contributed by atoms with Crippen LogP contribution >= 0.6 is 0 Å². The highest BCUT2D eigenvalue weighted by molar-refractivity contribution is 5.96. The van der Waals surface area contributed by atoms with E-state index < -0.39 is 0 Å². The lowest BCUT2D eigenvalue weighted by molar-refractivity contribution is 0.0703. The Hall–Kier alpha value is -2.76. The maximum atomic E-state index is 12.9. The fourth-order valence-corrected chi connectivity index (χ4v) is 3.55. The van der Waals surface area contributed by atoms with Gasteiger partial charge in [-0.15, -0.1) is 0 Å². The summed E-state index contributed by atoms with van der Waals surface area (Å²) in [6.45, 7) is 5.01. The van der Waals surface area contributed by atoms with Crippen LogP contribution in [0.1, 0.15) is 46.3 Å². The molecule has 0 N–H and O–H groups in total. The Kier molecular flexibility index (Phi) is 3.95. The van der Waals surface area contributed by atoms with Crippen LogP contribution in [0.4, 0.5) is 0 Å². The number of aromatic nitrogens is 3. The fraction of sp³-hybridized carbons (Fsp3) is 0.368. The first-order valence-corrected chi connectivity index (χ1v) is 8.56. The third kappa shape index (κ3) is 2.88. The zero-order valence-electron chi connectivity index (χ0n) is 14.4. The summed E-state index contributed by atoms with van der Waals surface area (Å²) in [6.07, 6.45) is 5.64. The van der Waals surface area contributed by atoms with E-state index in [0.29, 0.717) is 23.6 Å². The van der Waals surface area contributed by atoms with Crippen LogP contribution in [0.2, 0.25) is 0 Å². The molecule has 1 saturated heterocycles. The number of carbonyl (C=O) groups excluding carboxylic acids is 1. The lowest BCUT2D eigenvalue weighted by Gasteiger charge is -2.32. The summed E-state index contributed by atoms with van der Waals surface area (Å²) in [6, 6.07) is 5.96. The number of pyridine rings is 2. The molecule has 6 heteroatoms. The molecular weight excluding hydrogens is 316 g/mol. The van der Waals surface area contributed by atoms with E-state index in [4.69, 9.17) is 4.52 Å². The summed E-state index contributed by atoms with van der Waals surface area (Å²) in [7, 11) is 0. The Morgan fingerprint density at radius 1 is 1.32 bits per heavy atom.